The van der Waals surface area contributed by atoms with Gasteiger partial charge in [-0.05, 0) is 13.5 Å². The number of carbonyl (C=O) groups is 1. The molecule has 2 aliphatic rings. The first kappa shape index (κ1) is 15.4. The van der Waals surface area contributed by atoms with Crippen LogP contribution in [0.2, 0.25) is 0 Å². The molecule has 3 rings (SSSR count). The van der Waals surface area contributed by atoms with Crippen molar-refractivity contribution in [1.29, 1.82) is 0 Å². The SMILES string of the molecule is Cc1nc(CN2C[C@@H](F)C[C@H]2CN(C)C2CCOC2=O)no1. The van der Waals surface area contributed by atoms with Gasteiger partial charge in [0, 0.05) is 32.5 Å². The summed E-state index contributed by atoms with van der Waals surface area (Å²) in [5.41, 5.74) is 0. The van der Waals surface area contributed by atoms with Crippen molar-refractivity contribution in [2.24, 2.45) is 0 Å². The summed E-state index contributed by atoms with van der Waals surface area (Å²) in [6.45, 7) is 3.65. The fourth-order valence-electron chi connectivity index (χ4n) is 3.24. The number of hydrogen-bond donors (Lipinski definition) is 0. The fourth-order valence-corrected chi connectivity index (χ4v) is 3.24. The van der Waals surface area contributed by atoms with Gasteiger partial charge >= 0.3 is 5.97 Å². The smallest absolute Gasteiger partial charge is 0.323 e. The molecule has 0 aromatic carbocycles. The summed E-state index contributed by atoms with van der Waals surface area (Å²) in [4.78, 5) is 19.8. The number of aromatic nitrogens is 2. The number of halogens is 1. The molecule has 0 saturated carbocycles. The second-order valence-corrected chi connectivity index (χ2v) is 6.06. The lowest BCUT2D eigenvalue weighted by atomic mass is 10.1. The minimum Gasteiger partial charge on any atom is -0.464 e. The number of esters is 1. The molecule has 122 valence electrons. The van der Waals surface area contributed by atoms with Crippen molar-refractivity contribution in [2.45, 2.75) is 44.6 Å². The van der Waals surface area contributed by atoms with Crippen LogP contribution in [-0.2, 0) is 16.1 Å². The highest BCUT2D eigenvalue weighted by molar-refractivity contribution is 5.77. The first-order valence-corrected chi connectivity index (χ1v) is 7.57. The van der Waals surface area contributed by atoms with E-state index in [0.717, 1.165) is 0 Å². The summed E-state index contributed by atoms with van der Waals surface area (Å²) in [6.07, 6.45) is 0.301. The van der Waals surface area contributed by atoms with E-state index < -0.39 is 6.17 Å². The van der Waals surface area contributed by atoms with Crippen molar-refractivity contribution in [3.8, 4) is 0 Å². The molecule has 8 heteroatoms. The lowest BCUT2D eigenvalue weighted by Crippen LogP contribution is -2.44. The van der Waals surface area contributed by atoms with Gasteiger partial charge in [-0.3, -0.25) is 14.6 Å². The Morgan fingerprint density at radius 1 is 1.50 bits per heavy atom. The van der Waals surface area contributed by atoms with Crippen molar-refractivity contribution < 1.29 is 18.4 Å². The van der Waals surface area contributed by atoms with Crippen LogP contribution in [0.3, 0.4) is 0 Å². The van der Waals surface area contributed by atoms with E-state index in [2.05, 4.69) is 10.1 Å². The molecule has 2 fully saturated rings. The van der Waals surface area contributed by atoms with Crippen LogP contribution in [0.5, 0.6) is 0 Å². The molecule has 2 aliphatic heterocycles. The lowest BCUT2D eigenvalue weighted by Gasteiger charge is -2.29. The quantitative estimate of drug-likeness (QED) is 0.735. The van der Waals surface area contributed by atoms with E-state index in [9.17, 15) is 9.18 Å². The first-order chi connectivity index (χ1) is 10.5. The summed E-state index contributed by atoms with van der Waals surface area (Å²) in [5.74, 6) is 0.894. The van der Waals surface area contributed by atoms with E-state index in [1.54, 1.807) is 6.92 Å². The van der Waals surface area contributed by atoms with Crippen molar-refractivity contribution >= 4 is 5.97 Å². The van der Waals surface area contributed by atoms with Crippen molar-refractivity contribution in [3.05, 3.63) is 11.7 Å². The maximum atomic E-state index is 13.8. The monoisotopic (exact) mass is 312 g/mol. The molecule has 0 amide bonds. The number of cyclic esters (lactones) is 1. The Hall–Kier alpha value is -1.54. The van der Waals surface area contributed by atoms with Gasteiger partial charge in [0.15, 0.2) is 5.82 Å². The molecule has 0 N–H and O–H groups in total. The zero-order chi connectivity index (χ0) is 15.7. The van der Waals surface area contributed by atoms with Gasteiger partial charge in [0.2, 0.25) is 5.89 Å². The van der Waals surface area contributed by atoms with E-state index >= 15 is 0 Å². The third kappa shape index (κ3) is 3.27. The number of alkyl halides is 1. The van der Waals surface area contributed by atoms with Crippen LogP contribution in [-0.4, -0.2) is 70.9 Å². The first-order valence-electron chi connectivity index (χ1n) is 7.57. The number of carbonyl (C=O) groups excluding carboxylic acids is 1. The van der Waals surface area contributed by atoms with Crippen LogP contribution in [0.15, 0.2) is 4.52 Å². The highest BCUT2D eigenvalue weighted by atomic mass is 19.1. The Labute approximate surface area is 128 Å². The number of aryl methyl sites for hydroxylation is 1. The van der Waals surface area contributed by atoms with E-state index in [1.807, 2.05) is 16.8 Å². The standard InChI is InChI=1S/C14H21FN4O3/c1-9-16-13(17-22-9)8-19-6-10(15)5-11(19)7-18(2)12-3-4-21-14(12)20/h10-12H,3-8H2,1-2H3/t10-,11-,12?/m0/s1. The molecule has 0 spiro atoms. The predicted octanol–water partition coefficient (Wildman–Crippen LogP) is 0.538. The normalized spacial score (nSPS) is 29.5. The zero-order valence-electron chi connectivity index (χ0n) is 12.9. The van der Waals surface area contributed by atoms with Gasteiger partial charge in [0.1, 0.15) is 12.2 Å². The number of likely N-dealkylation sites (tertiary alicyclic amines) is 1. The molecule has 1 aromatic heterocycles. The van der Waals surface area contributed by atoms with E-state index in [4.69, 9.17) is 9.26 Å². The predicted molar refractivity (Wildman–Crippen MR) is 74.7 cm³/mol. The topological polar surface area (TPSA) is 71.7 Å². The second-order valence-electron chi connectivity index (χ2n) is 6.06. The fraction of sp³-hybridized carbons (Fsp3) is 0.786. The molecular weight excluding hydrogens is 291 g/mol. The van der Waals surface area contributed by atoms with Crippen molar-refractivity contribution in [3.63, 3.8) is 0 Å². The second kappa shape index (κ2) is 6.29. The van der Waals surface area contributed by atoms with Gasteiger partial charge in [-0.2, -0.15) is 4.98 Å². The average Bonchev–Trinajstić information content (AvgIpc) is 3.13. The van der Waals surface area contributed by atoms with Crippen molar-refractivity contribution in [1.82, 2.24) is 19.9 Å². The zero-order valence-corrected chi connectivity index (χ0v) is 12.9. The molecule has 0 bridgehead atoms. The summed E-state index contributed by atoms with van der Waals surface area (Å²) in [7, 11) is 1.89. The maximum absolute atomic E-state index is 13.8. The van der Waals surface area contributed by atoms with Crippen LogP contribution >= 0.6 is 0 Å². The highest BCUT2D eigenvalue weighted by Crippen LogP contribution is 2.24. The Bertz CT molecular complexity index is 538. The minimum absolute atomic E-state index is 0.0345. The summed E-state index contributed by atoms with van der Waals surface area (Å²) >= 11 is 0. The Morgan fingerprint density at radius 3 is 2.95 bits per heavy atom. The van der Waals surface area contributed by atoms with Crippen LogP contribution in [0.4, 0.5) is 4.39 Å². The molecule has 3 heterocycles. The summed E-state index contributed by atoms with van der Waals surface area (Å²) < 4.78 is 23.8. The molecule has 0 aliphatic carbocycles. The third-order valence-electron chi connectivity index (χ3n) is 4.33. The molecule has 3 atom stereocenters. The van der Waals surface area contributed by atoms with Crippen LogP contribution in [0.25, 0.3) is 0 Å². The minimum atomic E-state index is -0.859. The van der Waals surface area contributed by atoms with Gasteiger partial charge in [0.05, 0.1) is 13.2 Å². The highest BCUT2D eigenvalue weighted by Gasteiger charge is 2.37. The summed E-state index contributed by atoms with van der Waals surface area (Å²) in [6, 6.07) is -0.180. The number of rotatable bonds is 5. The number of hydrogen-bond acceptors (Lipinski definition) is 7. The Balaban J connectivity index is 1.61. The number of nitrogens with zero attached hydrogens (tertiary/aromatic N) is 4. The van der Waals surface area contributed by atoms with E-state index in [1.165, 1.54) is 0 Å². The molecule has 7 nitrogen and oxygen atoms in total. The molecule has 22 heavy (non-hydrogen) atoms. The maximum Gasteiger partial charge on any atom is 0.323 e. The van der Waals surface area contributed by atoms with Gasteiger partial charge < -0.3 is 9.26 Å². The Morgan fingerprint density at radius 2 is 2.32 bits per heavy atom. The van der Waals surface area contributed by atoms with Gasteiger partial charge in [-0.15, -0.1) is 0 Å². The number of ether oxygens (including phenoxy) is 1. The van der Waals surface area contributed by atoms with Gasteiger partial charge in [-0.25, -0.2) is 4.39 Å². The van der Waals surface area contributed by atoms with Crippen molar-refractivity contribution in [2.75, 3.05) is 26.7 Å². The van der Waals surface area contributed by atoms with E-state index in [-0.39, 0.29) is 18.1 Å². The van der Waals surface area contributed by atoms with Crippen LogP contribution in [0.1, 0.15) is 24.6 Å². The van der Waals surface area contributed by atoms with Crippen LogP contribution < -0.4 is 0 Å². The van der Waals surface area contributed by atoms with Crippen LogP contribution in [0, 0.1) is 6.92 Å². The third-order valence-corrected chi connectivity index (χ3v) is 4.33. The largest absolute Gasteiger partial charge is 0.464 e. The van der Waals surface area contributed by atoms with Gasteiger partial charge in [-0.1, -0.05) is 5.16 Å². The molecule has 0 radical (unpaired) electrons. The Kier molecular flexibility index (Phi) is 4.39. The summed E-state index contributed by atoms with van der Waals surface area (Å²) in [5, 5.41) is 3.87. The molecule has 1 unspecified atom stereocenters. The molecular formula is C14H21FN4O3. The lowest BCUT2D eigenvalue weighted by molar-refractivity contribution is -0.142. The number of likely N-dealkylation sites (N-methyl/N-ethyl adjacent to an activating group) is 1. The average molecular weight is 312 g/mol. The van der Waals surface area contributed by atoms with Gasteiger partial charge in [0.25, 0.3) is 0 Å². The van der Waals surface area contributed by atoms with E-state index in [0.29, 0.717) is 50.8 Å². The molecule has 2 saturated heterocycles. The molecule has 1 aromatic rings.